The van der Waals surface area contributed by atoms with Crippen molar-refractivity contribution in [2.45, 2.75) is 44.7 Å². The molecule has 1 N–H and O–H groups in total. The maximum atomic E-state index is 13.7. The highest BCUT2D eigenvalue weighted by Crippen LogP contribution is 2.29. The largest absolute Gasteiger partial charge is 0.349 e. The molecule has 2 aromatic carbocycles. The van der Waals surface area contributed by atoms with E-state index in [9.17, 15) is 18.4 Å². The van der Waals surface area contributed by atoms with E-state index in [1.54, 1.807) is 10.8 Å². The third-order valence-corrected chi connectivity index (χ3v) is 7.75. The lowest BCUT2D eigenvalue weighted by Crippen LogP contribution is -2.39. The van der Waals surface area contributed by atoms with Gasteiger partial charge >= 0.3 is 5.69 Å². The van der Waals surface area contributed by atoms with Gasteiger partial charge in [0, 0.05) is 30.4 Å². The zero-order valence-corrected chi connectivity index (χ0v) is 22.1. The molecule has 0 spiro atoms. The van der Waals surface area contributed by atoms with Crippen LogP contribution in [0.2, 0.25) is 5.02 Å². The summed E-state index contributed by atoms with van der Waals surface area (Å²) >= 11 is 5.90. The molecule has 8 nitrogen and oxygen atoms in total. The van der Waals surface area contributed by atoms with Gasteiger partial charge < -0.3 is 5.32 Å². The van der Waals surface area contributed by atoms with Crippen molar-refractivity contribution in [3.05, 3.63) is 94.0 Å². The zero-order chi connectivity index (χ0) is 27.8. The third kappa shape index (κ3) is 4.95. The number of benzene rings is 2. The van der Waals surface area contributed by atoms with Gasteiger partial charge in [-0.05, 0) is 68.0 Å². The van der Waals surface area contributed by atoms with Crippen LogP contribution in [0, 0.1) is 5.92 Å². The Bertz CT molecular complexity index is 1780. The molecule has 5 aromatic rings. The fraction of sp³-hybridized carbons (Fsp3) is 0.276. The number of rotatable bonds is 6. The summed E-state index contributed by atoms with van der Waals surface area (Å²) in [4.78, 5) is 38.5. The molecular formula is C29H25ClF2N6O2. The maximum absolute atomic E-state index is 13.7. The molecule has 0 saturated heterocycles. The predicted octanol–water partition coefficient (Wildman–Crippen LogP) is 5.71. The molecule has 6 rings (SSSR count). The highest BCUT2D eigenvalue weighted by molar-refractivity contribution is 6.30. The molecule has 1 fully saturated rings. The Morgan fingerprint density at radius 3 is 2.58 bits per heavy atom. The number of nitrogens with zero attached hydrogens (tertiary/aromatic N) is 5. The van der Waals surface area contributed by atoms with Crippen LogP contribution < -0.4 is 11.0 Å². The molecule has 0 radical (unpaired) electrons. The van der Waals surface area contributed by atoms with Gasteiger partial charge in [-0.3, -0.25) is 18.9 Å². The number of carbonyl (C=O) groups excluding carboxylic acids is 1. The monoisotopic (exact) mass is 562 g/mol. The van der Waals surface area contributed by atoms with Gasteiger partial charge in [-0.1, -0.05) is 23.7 Å². The number of para-hydroxylation sites is 2. The van der Waals surface area contributed by atoms with Crippen molar-refractivity contribution in [3.8, 4) is 5.69 Å². The predicted molar refractivity (Wildman–Crippen MR) is 148 cm³/mol. The second-order valence-electron chi connectivity index (χ2n) is 10.1. The average molecular weight is 563 g/mol. The van der Waals surface area contributed by atoms with E-state index in [0.29, 0.717) is 19.4 Å². The number of halogens is 3. The summed E-state index contributed by atoms with van der Waals surface area (Å²) in [6.45, 7) is 0.539. The Hall–Kier alpha value is -4.18. The van der Waals surface area contributed by atoms with Gasteiger partial charge in [0.15, 0.2) is 0 Å². The first kappa shape index (κ1) is 26.1. The average Bonchev–Trinajstić information content (AvgIpc) is 3.24. The van der Waals surface area contributed by atoms with Crippen LogP contribution in [0.25, 0.3) is 27.6 Å². The lowest BCUT2D eigenvalue weighted by atomic mass is 9.85. The Labute approximate surface area is 232 Å². The highest BCUT2D eigenvalue weighted by atomic mass is 35.5. The first-order valence-electron chi connectivity index (χ1n) is 13.0. The topological polar surface area (TPSA) is 94.7 Å². The van der Waals surface area contributed by atoms with E-state index >= 15 is 0 Å². The molecule has 204 valence electrons. The standard InChI is InChI=1S/C29H25ClF2N6O2/c30-19-12-22(26(27(31)32)34-14-19)28(39)36-20-7-5-17(6-8-20)15-37-24-3-1-2-4-25(24)38(29(37)40)21-9-10-23-18(11-21)13-33-16-35-23/h1-4,9-14,16-17,20,27H,5-8,15H2,(H,36,39)/t17-,20-. The van der Waals surface area contributed by atoms with E-state index in [-0.39, 0.29) is 28.2 Å². The highest BCUT2D eigenvalue weighted by Gasteiger charge is 2.27. The normalized spacial score (nSPS) is 17.5. The van der Waals surface area contributed by atoms with Crippen molar-refractivity contribution in [2.75, 3.05) is 0 Å². The van der Waals surface area contributed by atoms with Gasteiger partial charge in [0.1, 0.15) is 12.0 Å². The van der Waals surface area contributed by atoms with E-state index in [1.165, 1.54) is 12.4 Å². The van der Waals surface area contributed by atoms with Crippen molar-refractivity contribution in [2.24, 2.45) is 5.92 Å². The van der Waals surface area contributed by atoms with Gasteiger partial charge in [0.25, 0.3) is 12.3 Å². The first-order valence-corrected chi connectivity index (χ1v) is 13.4. The van der Waals surface area contributed by atoms with Crippen LogP contribution in [0.4, 0.5) is 8.78 Å². The van der Waals surface area contributed by atoms with Gasteiger partial charge in [0.05, 0.1) is 32.8 Å². The fourth-order valence-corrected chi connectivity index (χ4v) is 5.72. The molecule has 3 heterocycles. The molecule has 1 aliphatic carbocycles. The Morgan fingerprint density at radius 1 is 1.02 bits per heavy atom. The van der Waals surface area contributed by atoms with Crippen LogP contribution in [0.15, 0.2) is 72.0 Å². The fourth-order valence-electron chi connectivity index (χ4n) is 5.56. The van der Waals surface area contributed by atoms with E-state index < -0.39 is 18.0 Å². The second-order valence-corrected chi connectivity index (χ2v) is 10.5. The summed E-state index contributed by atoms with van der Waals surface area (Å²) in [5.41, 5.74) is 2.30. The van der Waals surface area contributed by atoms with Gasteiger partial charge in [-0.2, -0.15) is 0 Å². The number of aromatic nitrogens is 5. The second kappa shape index (κ2) is 10.8. The lowest BCUT2D eigenvalue weighted by molar-refractivity contribution is 0.0904. The first-order chi connectivity index (χ1) is 19.4. The number of fused-ring (bicyclic) bond motifs is 2. The molecular weight excluding hydrogens is 538 g/mol. The van der Waals surface area contributed by atoms with E-state index in [2.05, 4.69) is 20.3 Å². The van der Waals surface area contributed by atoms with Gasteiger partial charge in [-0.15, -0.1) is 0 Å². The van der Waals surface area contributed by atoms with Crippen molar-refractivity contribution in [1.29, 1.82) is 0 Å². The Balaban J connectivity index is 1.19. The minimum absolute atomic E-state index is 0.124. The Kier molecular flexibility index (Phi) is 7.02. The number of nitrogens with one attached hydrogen (secondary N) is 1. The molecule has 1 saturated carbocycles. The summed E-state index contributed by atoms with van der Waals surface area (Å²) in [5, 5.41) is 3.84. The lowest BCUT2D eigenvalue weighted by Gasteiger charge is -2.29. The summed E-state index contributed by atoms with van der Waals surface area (Å²) in [7, 11) is 0. The van der Waals surface area contributed by atoms with Crippen LogP contribution in [0.5, 0.6) is 0 Å². The molecule has 1 amide bonds. The maximum Gasteiger partial charge on any atom is 0.333 e. The van der Waals surface area contributed by atoms with Crippen molar-refractivity contribution < 1.29 is 13.6 Å². The number of amides is 1. The molecule has 0 bridgehead atoms. The van der Waals surface area contributed by atoms with Crippen LogP contribution in [0.3, 0.4) is 0 Å². The van der Waals surface area contributed by atoms with Crippen LogP contribution >= 0.6 is 11.6 Å². The number of hydrogen-bond acceptors (Lipinski definition) is 5. The van der Waals surface area contributed by atoms with E-state index in [1.807, 2.05) is 47.0 Å². The van der Waals surface area contributed by atoms with Crippen LogP contribution in [-0.4, -0.2) is 36.0 Å². The quantitative estimate of drug-likeness (QED) is 0.286. The van der Waals surface area contributed by atoms with Gasteiger partial charge in [0.2, 0.25) is 0 Å². The molecule has 0 aliphatic heterocycles. The summed E-state index contributed by atoms with van der Waals surface area (Å²) in [5.74, 6) is -0.381. The van der Waals surface area contributed by atoms with E-state index in [4.69, 9.17) is 11.6 Å². The third-order valence-electron chi connectivity index (χ3n) is 7.54. The molecule has 40 heavy (non-hydrogen) atoms. The number of hydrogen-bond donors (Lipinski definition) is 1. The van der Waals surface area contributed by atoms with Crippen molar-refractivity contribution >= 4 is 39.4 Å². The van der Waals surface area contributed by atoms with Crippen molar-refractivity contribution in [1.82, 2.24) is 29.4 Å². The summed E-state index contributed by atoms with van der Waals surface area (Å²) in [6, 6.07) is 14.5. The summed E-state index contributed by atoms with van der Waals surface area (Å²) < 4.78 is 30.2. The molecule has 3 aromatic heterocycles. The number of carbonyl (C=O) groups is 1. The minimum atomic E-state index is -2.88. The Morgan fingerprint density at radius 2 is 1.80 bits per heavy atom. The minimum Gasteiger partial charge on any atom is -0.349 e. The zero-order valence-electron chi connectivity index (χ0n) is 21.3. The molecule has 1 aliphatic rings. The smallest absolute Gasteiger partial charge is 0.333 e. The molecule has 0 atom stereocenters. The molecule has 0 unspecified atom stereocenters. The van der Waals surface area contributed by atoms with Crippen LogP contribution in [0.1, 0.15) is 48.2 Å². The number of imidazole rings is 1. The van der Waals surface area contributed by atoms with Crippen molar-refractivity contribution in [3.63, 3.8) is 0 Å². The van der Waals surface area contributed by atoms with Crippen LogP contribution in [-0.2, 0) is 6.54 Å². The summed E-state index contributed by atoms with van der Waals surface area (Å²) in [6.07, 6.45) is 4.36. The van der Waals surface area contributed by atoms with Gasteiger partial charge in [-0.25, -0.2) is 23.5 Å². The SMILES string of the molecule is O=C(N[C@H]1CC[C@H](Cn2c(=O)n(-c3ccc4ncncc4c3)c3ccccc32)CC1)c1cc(Cl)cnc1C(F)F. The number of alkyl halides is 2. The number of pyridine rings is 1. The molecule has 11 heteroatoms. The van der Waals surface area contributed by atoms with E-state index in [0.717, 1.165) is 46.7 Å².